The summed E-state index contributed by atoms with van der Waals surface area (Å²) < 4.78 is 18.1. The Balaban J connectivity index is 1.32. The van der Waals surface area contributed by atoms with Gasteiger partial charge in [0.25, 0.3) is 11.8 Å². The Morgan fingerprint density at radius 1 is 0.812 bits per heavy atom. The lowest BCUT2D eigenvalue weighted by molar-refractivity contribution is 0.0671. The van der Waals surface area contributed by atoms with Crippen LogP contribution in [0.4, 0.5) is 20.6 Å². The highest BCUT2D eigenvalue weighted by molar-refractivity contribution is 6.03. The van der Waals surface area contributed by atoms with Crippen molar-refractivity contribution in [3.05, 3.63) is 84.1 Å². The van der Waals surface area contributed by atoms with E-state index in [1.165, 1.54) is 30.5 Å². The van der Waals surface area contributed by atoms with Gasteiger partial charge in [-0.15, -0.1) is 0 Å². The van der Waals surface area contributed by atoms with E-state index in [2.05, 4.69) is 10.6 Å². The van der Waals surface area contributed by atoms with Crippen LogP contribution in [-0.2, 0) is 0 Å². The van der Waals surface area contributed by atoms with Crippen molar-refractivity contribution in [3.63, 3.8) is 0 Å². The number of hydrogen-bond acceptors (Lipinski definition) is 4. The van der Waals surface area contributed by atoms with Gasteiger partial charge in [-0.05, 0) is 54.6 Å². The minimum atomic E-state index is -0.402. The summed E-state index contributed by atoms with van der Waals surface area (Å²) in [6.07, 6.45) is 1.41. The molecule has 0 unspecified atom stereocenters. The van der Waals surface area contributed by atoms with Gasteiger partial charge in [-0.2, -0.15) is 0 Å². The van der Waals surface area contributed by atoms with Crippen LogP contribution in [0.5, 0.6) is 0 Å². The molecule has 32 heavy (non-hydrogen) atoms. The Bertz CT molecular complexity index is 1110. The molecule has 2 N–H and O–H groups in total. The van der Waals surface area contributed by atoms with E-state index in [9.17, 15) is 18.8 Å². The molecule has 1 aliphatic rings. The van der Waals surface area contributed by atoms with Crippen LogP contribution >= 0.6 is 0 Å². The van der Waals surface area contributed by atoms with E-state index in [0.717, 1.165) is 0 Å². The highest BCUT2D eigenvalue weighted by Crippen LogP contribution is 2.16. The molecule has 9 heteroatoms. The number of urea groups is 1. The van der Waals surface area contributed by atoms with E-state index in [0.29, 0.717) is 43.1 Å². The molecule has 4 amide bonds. The molecule has 164 valence electrons. The van der Waals surface area contributed by atoms with Crippen LogP contribution < -0.4 is 10.6 Å². The van der Waals surface area contributed by atoms with Crippen molar-refractivity contribution in [2.45, 2.75) is 0 Å². The summed E-state index contributed by atoms with van der Waals surface area (Å²) in [4.78, 5) is 40.7. The Kier molecular flexibility index (Phi) is 6.16. The van der Waals surface area contributed by atoms with Crippen LogP contribution in [0.15, 0.2) is 71.3 Å². The van der Waals surface area contributed by atoms with Crippen LogP contribution in [0.25, 0.3) is 0 Å². The number of rotatable bonds is 4. The molecule has 1 fully saturated rings. The Labute approximate surface area is 183 Å². The lowest BCUT2D eigenvalue weighted by atomic mass is 10.1. The SMILES string of the molecule is O=C(Nc1cccc(C(=O)N2CCN(C(=O)Nc3ccc(F)cc3)CC2)c1)c1ccco1. The number of anilines is 2. The minimum absolute atomic E-state index is 0.178. The molecule has 4 rings (SSSR count). The average molecular weight is 436 g/mol. The van der Waals surface area contributed by atoms with E-state index in [-0.39, 0.29) is 23.5 Å². The molecule has 0 atom stereocenters. The van der Waals surface area contributed by atoms with E-state index < -0.39 is 5.91 Å². The number of carbonyl (C=O) groups excluding carboxylic acids is 3. The number of hydrogen-bond donors (Lipinski definition) is 2. The molecular formula is C23H21FN4O4. The van der Waals surface area contributed by atoms with Crippen molar-refractivity contribution in [2.24, 2.45) is 0 Å². The summed E-state index contributed by atoms with van der Waals surface area (Å²) >= 11 is 0. The van der Waals surface area contributed by atoms with Crippen LogP contribution in [-0.4, -0.2) is 53.8 Å². The number of nitrogens with one attached hydrogen (secondary N) is 2. The van der Waals surface area contributed by atoms with Crippen molar-refractivity contribution in [1.29, 1.82) is 0 Å². The van der Waals surface area contributed by atoms with Crippen LogP contribution in [0, 0.1) is 5.82 Å². The van der Waals surface area contributed by atoms with Crippen molar-refractivity contribution < 1.29 is 23.2 Å². The number of nitrogens with zero attached hydrogens (tertiary/aromatic N) is 2. The van der Waals surface area contributed by atoms with Gasteiger partial charge in [0.05, 0.1) is 6.26 Å². The first-order valence-electron chi connectivity index (χ1n) is 10.1. The fourth-order valence-corrected chi connectivity index (χ4v) is 3.36. The van der Waals surface area contributed by atoms with Gasteiger partial charge in [0, 0.05) is 43.1 Å². The predicted molar refractivity (Wildman–Crippen MR) is 116 cm³/mol. The monoisotopic (exact) mass is 436 g/mol. The smallest absolute Gasteiger partial charge is 0.321 e. The molecule has 0 spiro atoms. The third-order valence-corrected chi connectivity index (χ3v) is 5.06. The summed E-state index contributed by atoms with van der Waals surface area (Å²) in [7, 11) is 0. The molecule has 2 aromatic carbocycles. The topological polar surface area (TPSA) is 94.9 Å². The number of amides is 4. The number of piperazine rings is 1. The third kappa shape index (κ3) is 4.94. The summed E-state index contributed by atoms with van der Waals surface area (Å²) in [5, 5.41) is 5.42. The molecule has 1 aromatic heterocycles. The van der Waals surface area contributed by atoms with E-state index in [1.54, 1.807) is 46.2 Å². The maximum atomic E-state index is 13.0. The largest absolute Gasteiger partial charge is 0.459 e. The average Bonchev–Trinajstić information content (AvgIpc) is 3.36. The zero-order valence-electron chi connectivity index (χ0n) is 17.1. The Morgan fingerprint density at radius 2 is 1.53 bits per heavy atom. The van der Waals surface area contributed by atoms with Crippen molar-refractivity contribution in [2.75, 3.05) is 36.8 Å². The molecule has 8 nitrogen and oxygen atoms in total. The number of halogens is 1. The Hall–Kier alpha value is -4.14. The molecule has 1 saturated heterocycles. The number of carbonyl (C=O) groups is 3. The minimum Gasteiger partial charge on any atom is -0.459 e. The van der Waals surface area contributed by atoms with E-state index >= 15 is 0 Å². The second kappa shape index (κ2) is 9.34. The first kappa shape index (κ1) is 21.1. The molecule has 2 heterocycles. The van der Waals surface area contributed by atoms with Crippen molar-refractivity contribution in [1.82, 2.24) is 9.80 Å². The lowest BCUT2D eigenvalue weighted by Crippen LogP contribution is -2.51. The number of furan rings is 1. The maximum absolute atomic E-state index is 13.0. The van der Waals surface area contributed by atoms with Crippen molar-refractivity contribution in [3.8, 4) is 0 Å². The van der Waals surface area contributed by atoms with Gasteiger partial charge >= 0.3 is 6.03 Å². The van der Waals surface area contributed by atoms with Gasteiger partial charge in [-0.25, -0.2) is 9.18 Å². The molecule has 0 radical (unpaired) electrons. The van der Waals surface area contributed by atoms with Gasteiger partial charge in [0.15, 0.2) is 5.76 Å². The molecule has 0 aliphatic carbocycles. The standard InChI is InChI=1S/C23H21FN4O4/c24-17-6-8-18(9-7-17)26-23(31)28-12-10-27(11-13-28)22(30)16-3-1-4-19(15-16)25-21(29)20-5-2-14-32-20/h1-9,14-15H,10-13H2,(H,25,29)(H,26,31). The quantitative estimate of drug-likeness (QED) is 0.653. The lowest BCUT2D eigenvalue weighted by Gasteiger charge is -2.34. The van der Waals surface area contributed by atoms with Gasteiger partial charge in [-0.3, -0.25) is 9.59 Å². The van der Waals surface area contributed by atoms with Crippen LogP contribution in [0.2, 0.25) is 0 Å². The normalized spacial score (nSPS) is 13.5. The molecule has 1 aliphatic heterocycles. The maximum Gasteiger partial charge on any atom is 0.321 e. The fraction of sp³-hybridized carbons (Fsp3) is 0.174. The summed E-state index contributed by atoms with van der Waals surface area (Å²) in [6.45, 7) is 1.48. The van der Waals surface area contributed by atoms with Gasteiger partial charge < -0.3 is 24.9 Å². The summed E-state index contributed by atoms with van der Waals surface area (Å²) in [6, 6.07) is 15.1. The second-order valence-corrected chi connectivity index (χ2v) is 7.23. The zero-order valence-corrected chi connectivity index (χ0v) is 17.1. The predicted octanol–water partition coefficient (Wildman–Crippen LogP) is 3.66. The first-order valence-corrected chi connectivity index (χ1v) is 10.1. The van der Waals surface area contributed by atoms with Crippen LogP contribution in [0.1, 0.15) is 20.9 Å². The third-order valence-electron chi connectivity index (χ3n) is 5.06. The van der Waals surface area contributed by atoms with Crippen molar-refractivity contribution >= 4 is 29.2 Å². The summed E-state index contributed by atoms with van der Waals surface area (Å²) in [5.41, 5.74) is 1.42. The zero-order chi connectivity index (χ0) is 22.5. The molecule has 0 bridgehead atoms. The summed E-state index contributed by atoms with van der Waals surface area (Å²) in [5.74, 6) is -0.783. The highest BCUT2D eigenvalue weighted by Gasteiger charge is 2.25. The Morgan fingerprint density at radius 3 is 2.22 bits per heavy atom. The van der Waals surface area contributed by atoms with E-state index in [1.807, 2.05) is 0 Å². The fourth-order valence-electron chi connectivity index (χ4n) is 3.36. The molecular weight excluding hydrogens is 415 g/mol. The van der Waals surface area contributed by atoms with Crippen LogP contribution in [0.3, 0.4) is 0 Å². The van der Waals surface area contributed by atoms with E-state index in [4.69, 9.17) is 4.42 Å². The van der Waals surface area contributed by atoms with Gasteiger partial charge in [0.2, 0.25) is 0 Å². The molecule has 3 aromatic rings. The van der Waals surface area contributed by atoms with Gasteiger partial charge in [0.1, 0.15) is 5.82 Å². The highest BCUT2D eigenvalue weighted by atomic mass is 19.1. The molecule has 0 saturated carbocycles. The number of benzene rings is 2. The van der Waals surface area contributed by atoms with Gasteiger partial charge in [-0.1, -0.05) is 6.07 Å². The second-order valence-electron chi connectivity index (χ2n) is 7.23. The first-order chi connectivity index (χ1) is 15.5.